The molecule has 0 spiro atoms. The zero-order valence-corrected chi connectivity index (χ0v) is 14.0. The van der Waals surface area contributed by atoms with Crippen molar-refractivity contribution in [1.29, 1.82) is 0 Å². The van der Waals surface area contributed by atoms with Crippen LogP contribution >= 0.6 is 0 Å². The van der Waals surface area contributed by atoms with Crippen LogP contribution in [-0.4, -0.2) is 53.4 Å². The molecule has 1 heterocycles. The first-order valence-electron chi connectivity index (χ1n) is 8.93. The normalized spacial score (nSPS) is 21.3. The van der Waals surface area contributed by atoms with Gasteiger partial charge in [0.15, 0.2) is 0 Å². The van der Waals surface area contributed by atoms with E-state index in [4.69, 9.17) is 25.4 Å². The van der Waals surface area contributed by atoms with Crippen LogP contribution in [0.3, 0.4) is 0 Å². The molecule has 6 nitrogen and oxygen atoms in total. The molecule has 0 amide bonds. The summed E-state index contributed by atoms with van der Waals surface area (Å²) in [4.78, 5) is 18.9. The van der Waals surface area contributed by atoms with E-state index in [-0.39, 0.29) is 6.15 Å². The average Bonchev–Trinajstić information content (AvgIpc) is 3.06. The van der Waals surface area contributed by atoms with E-state index in [1.165, 1.54) is 51.6 Å². The lowest BCUT2D eigenvalue weighted by Crippen LogP contribution is -2.44. The molecule has 2 rings (SSSR count). The van der Waals surface area contributed by atoms with Gasteiger partial charge in [-0.1, -0.05) is 25.7 Å². The molecular weight excluding hydrogens is 295 g/mol. The van der Waals surface area contributed by atoms with Crippen molar-refractivity contribution in [3.05, 3.63) is 0 Å². The molecule has 7 heteroatoms. The van der Waals surface area contributed by atoms with Gasteiger partial charge in [0.05, 0.1) is 0 Å². The van der Waals surface area contributed by atoms with Gasteiger partial charge in [-0.15, -0.1) is 0 Å². The van der Waals surface area contributed by atoms with Gasteiger partial charge in [0.1, 0.15) is 0 Å². The third-order valence-electron chi connectivity index (χ3n) is 5.27. The number of nitrogens with two attached hydrogens (primary N) is 1. The van der Waals surface area contributed by atoms with Crippen LogP contribution in [0.5, 0.6) is 0 Å². The maximum absolute atomic E-state index is 8.82. The van der Waals surface area contributed by atoms with Crippen LogP contribution in [0.25, 0.3) is 0 Å². The summed E-state index contributed by atoms with van der Waals surface area (Å²) in [6.45, 7) is 2.47. The van der Waals surface area contributed by atoms with Crippen molar-refractivity contribution in [2.24, 2.45) is 11.7 Å². The Kier molecular flexibility index (Phi) is 10.4. The number of nitrogens with zero attached hydrogens (tertiary/aromatic N) is 1. The summed E-state index contributed by atoms with van der Waals surface area (Å²) in [5.41, 5.74) is 6.32. The first-order chi connectivity index (χ1) is 11.1. The standard InChI is InChI=1S/C15H31BN2O2.CO2/c17-15(7-3-4-10-16(19)20)13-8-11-18(12-9-13)14-5-1-2-6-14;2-1-3/h13-15,19-20H,1-12,17H2;. The monoisotopic (exact) mass is 326 g/mol. The molecule has 1 atom stereocenters. The smallest absolute Gasteiger partial charge is 0.427 e. The highest BCUT2D eigenvalue weighted by molar-refractivity contribution is 6.40. The van der Waals surface area contributed by atoms with Crippen LogP contribution in [0.2, 0.25) is 6.32 Å². The van der Waals surface area contributed by atoms with Gasteiger partial charge < -0.3 is 20.7 Å². The molecule has 0 bridgehead atoms. The molecule has 0 aromatic carbocycles. The van der Waals surface area contributed by atoms with Crippen LogP contribution < -0.4 is 5.73 Å². The summed E-state index contributed by atoms with van der Waals surface area (Å²) in [5.74, 6) is 0.673. The van der Waals surface area contributed by atoms with E-state index in [0.29, 0.717) is 18.3 Å². The topological polar surface area (TPSA) is 104 Å². The minimum absolute atomic E-state index is 0.250. The van der Waals surface area contributed by atoms with Crippen molar-refractivity contribution in [3.8, 4) is 0 Å². The lowest BCUT2D eigenvalue weighted by Gasteiger charge is -2.38. The molecule has 1 aliphatic carbocycles. The Morgan fingerprint density at radius 1 is 1.09 bits per heavy atom. The summed E-state index contributed by atoms with van der Waals surface area (Å²) in [7, 11) is -1.15. The summed E-state index contributed by atoms with van der Waals surface area (Å²) in [6, 6.07) is 1.16. The Bertz CT molecular complexity index is 337. The van der Waals surface area contributed by atoms with Crippen LogP contribution in [-0.2, 0) is 9.59 Å². The molecule has 132 valence electrons. The number of unbranched alkanes of at least 4 members (excludes halogenated alkanes) is 1. The van der Waals surface area contributed by atoms with Crippen LogP contribution in [0.1, 0.15) is 57.8 Å². The predicted molar refractivity (Wildman–Crippen MR) is 88.4 cm³/mol. The molecule has 0 radical (unpaired) electrons. The Morgan fingerprint density at radius 3 is 2.17 bits per heavy atom. The predicted octanol–water partition coefficient (Wildman–Crippen LogP) is 1.03. The number of carbonyl (C=O) groups excluding carboxylic acids is 2. The highest BCUT2D eigenvalue weighted by Gasteiger charge is 2.29. The second-order valence-electron chi connectivity index (χ2n) is 6.82. The van der Waals surface area contributed by atoms with Crippen LogP contribution in [0.4, 0.5) is 0 Å². The van der Waals surface area contributed by atoms with Crippen molar-refractivity contribution in [2.45, 2.75) is 76.2 Å². The Balaban J connectivity index is 0.000000816. The SMILES string of the molecule is NC(CCCCB(O)O)C1CCN(C2CCCC2)CC1.O=C=O. The summed E-state index contributed by atoms with van der Waals surface area (Å²) in [6.07, 6.45) is 11.8. The molecule has 23 heavy (non-hydrogen) atoms. The van der Waals surface area contributed by atoms with Gasteiger partial charge in [0, 0.05) is 12.1 Å². The molecular formula is C16H31BN2O4. The van der Waals surface area contributed by atoms with Gasteiger partial charge in [-0.2, -0.15) is 9.59 Å². The second kappa shape index (κ2) is 11.8. The molecule has 1 aliphatic heterocycles. The van der Waals surface area contributed by atoms with E-state index >= 15 is 0 Å². The molecule has 4 N–H and O–H groups in total. The fraction of sp³-hybridized carbons (Fsp3) is 0.938. The van der Waals surface area contributed by atoms with E-state index in [9.17, 15) is 0 Å². The van der Waals surface area contributed by atoms with Gasteiger partial charge in [-0.05, 0) is 57.4 Å². The first kappa shape index (κ1) is 20.3. The Hall–Kier alpha value is -0.715. The minimum atomic E-state index is -1.15. The minimum Gasteiger partial charge on any atom is -0.427 e. The van der Waals surface area contributed by atoms with E-state index in [1.807, 2.05) is 0 Å². The number of rotatable bonds is 7. The van der Waals surface area contributed by atoms with Crippen molar-refractivity contribution in [1.82, 2.24) is 4.90 Å². The van der Waals surface area contributed by atoms with E-state index in [1.54, 1.807) is 0 Å². The third-order valence-corrected chi connectivity index (χ3v) is 5.27. The lowest BCUT2D eigenvalue weighted by atomic mass is 9.81. The number of piperidine rings is 1. The molecule has 2 aliphatic rings. The van der Waals surface area contributed by atoms with Gasteiger partial charge in [0.25, 0.3) is 0 Å². The maximum Gasteiger partial charge on any atom is 0.451 e. The Labute approximate surface area is 139 Å². The number of hydrogen-bond donors (Lipinski definition) is 3. The number of hydrogen-bond acceptors (Lipinski definition) is 6. The molecule has 0 aromatic rings. The fourth-order valence-corrected chi connectivity index (χ4v) is 3.92. The van der Waals surface area contributed by atoms with Crippen LogP contribution in [0.15, 0.2) is 0 Å². The highest BCUT2D eigenvalue weighted by Crippen LogP contribution is 2.29. The van der Waals surface area contributed by atoms with Gasteiger partial charge in [-0.25, -0.2) is 0 Å². The third kappa shape index (κ3) is 8.09. The molecule has 0 aromatic heterocycles. The van der Waals surface area contributed by atoms with Gasteiger partial charge >= 0.3 is 13.3 Å². The Morgan fingerprint density at radius 2 is 1.65 bits per heavy atom. The molecule has 1 saturated heterocycles. The van der Waals surface area contributed by atoms with Gasteiger partial charge in [0.2, 0.25) is 0 Å². The largest absolute Gasteiger partial charge is 0.451 e. The van der Waals surface area contributed by atoms with Crippen molar-refractivity contribution in [3.63, 3.8) is 0 Å². The van der Waals surface area contributed by atoms with Crippen molar-refractivity contribution >= 4 is 13.3 Å². The van der Waals surface area contributed by atoms with Crippen molar-refractivity contribution < 1.29 is 19.6 Å². The zero-order valence-electron chi connectivity index (χ0n) is 14.0. The van der Waals surface area contributed by atoms with Crippen molar-refractivity contribution in [2.75, 3.05) is 13.1 Å². The average molecular weight is 326 g/mol. The van der Waals surface area contributed by atoms with Gasteiger partial charge in [-0.3, -0.25) is 0 Å². The summed E-state index contributed by atoms with van der Waals surface area (Å²) in [5, 5.41) is 17.6. The maximum atomic E-state index is 8.82. The number of likely N-dealkylation sites (tertiary alicyclic amines) is 1. The van der Waals surface area contributed by atoms with E-state index in [2.05, 4.69) is 4.90 Å². The first-order valence-corrected chi connectivity index (χ1v) is 8.93. The molecule has 1 unspecified atom stereocenters. The summed E-state index contributed by atoms with van der Waals surface area (Å²) < 4.78 is 0. The summed E-state index contributed by atoms with van der Waals surface area (Å²) >= 11 is 0. The quantitative estimate of drug-likeness (QED) is 0.477. The van der Waals surface area contributed by atoms with Crippen LogP contribution in [0, 0.1) is 5.92 Å². The van der Waals surface area contributed by atoms with E-state index in [0.717, 1.165) is 25.3 Å². The molecule has 2 fully saturated rings. The fourth-order valence-electron chi connectivity index (χ4n) is 3.92. The second-order valence-corrected chi connectivity index (χ2v) is 6.82. The zero-order chi connectivity index (χ0) is 17.1. The molecule has 1 saturated carbocycles. The lowest BCUT2D eigenvalue weighted by molar-refractivity contribution is -0.191. The highest BCUT2D eigenvalue weighted by atomic mass is 16.4. The van der Waals surface area contributed by atoms with E-state index < -0.39 is 7.12 Å².